The number of benzene rings is 1. The molecule has 2 heterocycles. The predicted octanol–water partition coefficient (Wildman–Crippen LogP) is 1.98. The highest BCUT2D eigenvalue weighted by molar-refractivity contribution is 6.04. The summed E-state index contributed by atoms with van der Waals surface area (Å²) in [5.41, 5.74) is 1.38. The Labute approximate surface area is 99.9 Å². The molecule has 1 amide bonds. The molecule has 0 radical (unpaired) electrons. The smallest absolute Gasteiger partial charge is 0.256 e. The van der Waals surface area contributed by atoms with Gasteiger partial charge in [0.25, 0.3) is 5.91 Å². The van der Waals surface area contributed by atoms with Gasteiger partial charge in [0.05, 0.1) is 18.4 Å². The van der Waals surface area contributed by atoms with Crippen molar-refractivity contribution in [2.75, 3.05) is 13.7 Å². The molecule has 1 fully saturated rings. The molecular formula is C13H14N2O2. The number of fused-ring (bicyclic) bond motifs is 2. The zero-order chi connectivity index (χ0) is 11.8. The van der Waals surface area contributed by atoms with Crippen molar-refractivity contribution < 1.29 is 9.53 Å². The van der Waals surface area contributed by atoms with E-state index in [1.54, 1.807) is 7.11 Å². The highest BCUT2D eigenvalue weighted by Crippen LogP contribution is 2.30. The first-order valence-electron chi connectivity index (χ1n) is 5.84. The van der Waals surface area contributed by atoms with Crippen molar-refractivity contribution >= 4 is 17.5 Å². The third-order valence-electron chi connectivity index (χ3n) is 3.37. The molecule has 4 heteroatoms. The van der Waals surface area contributed by atoms with Crippen LogP contribution in [-0.4, -0.2) is 36.4 Å². The summed E-state index contributed by atoms with van der Waals surface area (Å²) in [6, 6.07) is 7.46. The van der Waals surface area contributed by atoms with Crippen molar-refractivity contribution in [1.29, 1.82) is 0 Å². The van der Waals surface area contributed by atoms with Gasteiger partial charge in [-0.25, -0.2) is 4.99 Å². The van der Waals surface area contributed by atoms with Gasteiger partial charge in [-0.2, -0.15) is 0 Å². The van der Waals surface area contributed by atoms with Crippen LogP contribution in [0.15, 0.2) is 29.3 Å². The fourth-order valence-corrected chi connectivity index (χ4v) is 2.55. The van der Waals surface area contributed by atoms with Gasteiger partial charge in [-0.05, 0) is 25.0 Å². The number of hydrogen-bond acceptors (Lipinski definition) is 3. The summed E-state index contributed by atoms with van der Waals surface area (Å²) < 4.78 is 5.35. The molecule has 88 valence electrons. The van der Waals surface area contributed by atoms with Crippen LogP contribution >= 0.6 is 0 Å². The van der Waals surface area contributed by atoms with Gasteiger partial charge in [-0.15, -0.1) is 0 Å². The molecule has 4 nitrogen and oxygen atoms in total. The number of methoxy groups -OCH3 is 1. The topological polar surface area (TPSA) is 41.9 Å². The van der Waals surface area contributed by atoms with Gasteiger partial charge in [0.15, 0.2) is 0 Å². The van der Waals surface area contributed by atoms with Gasteiger partial charge in [0.1, 0.15) is 6.04 Å². The van der Waals surface area contributed by atoms with Gasteiger partial charge in [0.2, 0.25) is 5.90 Å². The number of para-hydroxylation sites is 1. The zero-order valence-corrected chi connectivity index (χ0v) is 9.72. The lowest BCUT2D eigenvalue weighted by Crippen LogP contribution is -2.39. The van der Waals surface area contributed by atoms with Crippen molar-refractivity contribution in [3.8, 4) is 0 Å². The van der Waals surface area contributed by atoms with E-state index in [4.69, 9.17) is 4.74 Å². The van der Waals surface area contributed by atoms with E-state index in [0.29, 0.717) is 17.1 Å². The molecule has 17 heavy (non-hydrogen) atoms. The Balaban J connectivity index is 2.15. The third kappa shape index (κ3) is 1.52. The lowest BCUT2D eigenvalue weighted by Gasteiger charge is -2.22. The lowest BCUT2D eigenvalue weighted by molar-refractivity contribution is 0.0763. The van der Waals surface area contributed by atoms with E-state index in [-0.39, 0.29) is 11.9 Å². The zero-order valence-electron chi connectivity index (χ0n) is 9.72. The van der Waals surface area contributed by atoms with Gasteiger partial charge >= 0.3 is 0 Å². The van der Waals surface area contributed by atoms with Crippen molar-refractivity contribution in [3.05, 3.63) is 29.8 Å². The Morgan fingerprint density at radius 3 is 3.06 bits per heavy atom. The maximum atomic E-state index is 12.4. The second-order valence-electron chi connectivity index (χ2n) is 4.33. The van der Waals surface area contributed by atoms with Crippen LogP contribution in [0.25, 0.3) is 0 Å². The number of amides is 1. The van der Waals surface area contributed by atoms with Crippen LogP contribution in [0.3, 0.4) is 0 Å². The minimum Gasteiger partial charge on any atom is -0.483 e. The fraction of sp³-hybridized carbons (Fsp3) is 0.385. The molecule has 2 aliphatic heterocycles. The maximum Gasteiger partial charge on any atom is 0.256 e. The number of hydrogen-bond donors (Lipinski definition) is 0. The third-order valence-corrected chi connectivity index (χ3v) is 3.37. The van der Waals surface area contributed by atoms with Crippen LogP contribution in [-0.2, 0) is 4.74 Å². The highest BCUT2D eigenvalue weighted by Gasteiger charge is 2.36. The van der Waals surface area contributed by atoms with Gasteiger partial charge in [-0.1, -0.05) is 12.1 Å². The Morgan fingerprint density at radius 2 is 2.24 bits per heavy atom. The maximum absolute atomic E-state index is 12.4. The minimum absolute atomic E-state index is 0.0138. The lowest BCUT2D eigenvalue weighted by atomic mass is 10.1. The molecule has 0 aliphatic carbocycles. The number of rotatable bonds is 0. The van der Waals surface area contributed by atoms with Crippen LogP contribution in [0.1, 0.15) is 23.2 Å². The molecule has 1 atom stereocenters. The Bertz CT molecular complexity index is 496. The van der Waals surface area contributed by atoms with E-state index in [1.165, 1.54) is 0 Å². The molecule has 0 N–H and O–H groups in total. The van der Waals surface area contributed by atoms with Gasteiger partial charge in [0, 0.05) is 6.54 Å². The van der Waals surface area contributed by atoms with E-state index in [0.717, 1.165) is 19.4 Å². The van der Waals surface area contributed by atoms with E-state index in [9.17, 15) is 4.79 Å². The average molecular weight is 230 g/mol. The molecule has 0 unspecified atom stereocenters. The van der Waals surface area contributed by atoms with E-state index in [1.807, 2.05) is 29.2 Å². The summed E-state index contributed by atoms with van der Waals surface area (Å²) in [7, 11) is 1.62. The van der Waals surface area contributed by atoms with Crippen LogP contribution in [0.5, 0.6) is 0 Å². The predicted molar refractivity (Wildman–Crippen MR) is 64.6 cm³/mol. The normalized spacial score (nSPS) is 22.6. The van der Waals surface area contributed by atoms with Crippen molar-refractivity contribution in [3.63, 3.8) is 0 Å². The van der Waals surface area contributed by atoms with Crippen LogP contribution in [0.2, 0.25) is 0 Å². The van der Waals surface area contributed by atoms with Gasteiger partial charge < -0.3 is 9.64 Å². The Hall–Kier alpha value is -1.84. The number of aliphatic imine (C=N–C) groups is 1. The van der Waals surface area contributed by atoms with E-state index in [2.05, 4.69) is 4.99 Å². The molecule has 1 saturated heterocycles. The van der Waals surface area contributed by atoms with Crippen LogP contribution in [0, 0.1) is 0 Å². The summed E-state index contributed by atoms with van der Waals surface area (Å²) in [5, 5.41) is 0. The van der Waals surface area contributed by atoms with Crippen molar-refractivity contribution in [2.24, 2.45) is 4.99 Å². The molecule has 0 spiro atoms. The molecule has 3 rings (SSSR count). The molecule has 2 aliphatic rings. The Kier molecular flexibility index (Phi) is 2.35. The molecule has 0 bridgehead atoms. The number of ether oxygens (including phenoxy) is 1. The van der Waals surface area contributed by atoms with Crippen LogP contribution in [0.4, 0.5) is 5.69 Å². The first kappa shape index (κ1) is 10.3. The van der Waals surface area contributed by atoms with Crippen molar-refractivity contribution in [2.45, 2.75) is 18.9 Å². The molecule has 0 aromatic heterocycles. The number of carbonyl (C=O) groups excluding carboxylic acids is 1. The monoisotopic (exact) mass is 230 g/mol. The average Bonchev–Trinajstić information content (AvgIpc) is 2.81. The minimum atomic E-state index is 0.0138. The summed E-state index contributed by atoms with van der Waals surface area (Å²) >= 11 is 0. The SMILES string of the molecule is COC1=Nc2ccccc2C(=O)N2CCC[C@@H]12. The molecular weight excluding hydrogens is 216 g/mol. The number of carbonyl (C=O) groups is 1. The first-order valence-corrected chi connectivity index (χ1v) is 5.84. The van der Waals surface area contributed by atoms with E-state index >= 15 is 0 Å². The summed E-state index contributed by atoms with van der Waals surface area (Å²) in [4.78, 5) is 18.7. The Morgan fingerprint density at radius 1 is 1.41 bits per heavy atom. The standard InChI is InChI=1S/C13H14N2O2/c1-17-12-11-7-4-8-15(11)13(16)9-5-2-3-6-10(9)14-12/h2-3,5-6,11H,4,7-8H2,1H3/t11-/m0/s1. The second-order valence-corrected chi connectivity index (χ2v) is 4.33. The van der Waals surface area contributed by atoms with Crippen molar-refractivity contribution in [1.82, 2.24) is 4.90 Å². The molecule has 1 aromatic rings. The van der Waals surface area contributed by atoms with Crippen LogP contribution < -0.4 is 0 Å². The summed E-state index contributed by atoms with van der Waals surface area (Å²) in [6.07, 6.45) is 1.95. The first-order chi connectivity index (χ1) is 8.31. The second kappa shape index (κ2) is 3.87. The highest BCUT2D eigenvalue weighted by atomic mass is 16.5. The molecule has 1 aromatic carbocycles. The summed E-state index contributed by atoms with van der Waals surface area (Å²) in [5.74, 6) is 0.722. The quantitative estimate of drug-likeness (QED) is 0.684. The van der Waals surface area contributed by atoms with Gasteiger partial charge in [-0.3, -0.25) is 4.79 Å². The summed E-state index contributed by atoms with van der Waals surface area (Å²) in [6.45, 7) is 0.792. The van der Waals surface area contributed by atoms with E-state index < -0.39 is 0 Å². The largest absolute Gasteiger partial charge is 0.483 e. The fourth-order valence-electron chi connectivity index (χ4n) is 2.55. The number of nitrogens with zero attached hydrogens (tertiary/aromatic N) is 2. The molecule has 0 saturated carbocycles.